The number of nitrogens with one attached hydrogen (secondary N) is 1. The predicted octanol–water partition coefficient (Wildman–Crippen LogP) is 5.92. The predicted molar refractivity (Wildman–Crippen MR) is 105 cm³/mol. The van der Waals surface area contributed by atoms with E-state index in [9.17, 15) is 4.79 Å². The SMILES string of the molecule is CC(C)CC(C)CC(C)Nc1cccc(-c2cccc(C(=O)O)c2)c1. The van der Waals surface area contributed by atoms with Crippen LogP contribution in [0.4, 0.5) is 5.69 Å². The maximum Gasteiger partial charge on any atom is 0.335 e. The van der Waals surface area contributed by atoms with Crippen LogP contribution >= 0.6 is 0 Å². The van der Waals surface area contributed by atoms with Crippen molar-refractivity contribution in [3.63, 3.8) is 0 Å². The Balaban J connectivity index is 2.08. The molecule has 0 heterocycles. The van der Waals surface area contributed by atoms with Crippen LogP contribution in [0.1, 0.15) is 50.9 Å². The molecule has 0 aliphatic heterocycles. The molecule has 0 amide bonds. The maximum atomic E-state index is 11.2. The van der Waals surface area contributed by atoms with E-state index in [-0.39, 0.29) is 0 Å². The van der Waals surface area contributed by atoms with Gasteiger partial charge in [-0.3, -0.25) is 0 Å². The van der Waals surface area contributed by atoms with Crippen LogP contribution in [-0.2, 0) is 0 Å². The molecule has 2 aromatic rings. The summed E-state index contributed by atoms with van der Waals surface area (Å²) in [5, 5.41) is 12.7. The van der Waals surface area contributed by atoms with Crippen LogP contribution < -0.4 is 5.32 Å². The van der Waals surface area contributed by atoms with Crippen molar-refractivity contribution in [1.82, 2.24) is 0 Å². The van der Waals surface area contributed by atoms with Gasteiger partial charge in [0.1, 0.15) is 0 Å². The van der Waals surface area contributed by atoms with Gasteiger partial charge in [-0.2, -0.15) is 0 Å². The number of rotatable bonds is 8. The second-order valence-electron chi connectivity index (χ2n) is 7.48. The minimum absolute atomic E-state index is 0.312. The Bertz CT molecular complexity index is 709. The van der Waals surface area contributed by atoms with E-state index < -0.39 is 5.97 Å². The number of hydrogen-bond donors (Lipinski definition) is 2. The molecule has 2 N–H and O–H groups in total. The average molecular weight is 339 g/mol. The molecule has 0 aromatic heterocycles. The van der Waals surface area contributed by atoms with Crippen molar-refractivity contribution >= 4 is 11.7 Å². The fourth-order valence-electron chi connectivity index (χ4n) is 3.47. The highest BCUT2D eigenvalue weighted by molar-refractivity contribution is 5.89. The first-order valence-electron chi connectivity index (χ1n) is 9.05. The molecule has 3 heteroatoms. The molecule has 0 bridgehead atoms. The summed E-state index contributed by atoms with van der Waals surface area (Å²) in [6, 6.07) is 15.6. The zero-order valence-corrected chi connectivity index (χ0v) is 15.6. The van der Waals surface area contributed by atoms with Gasteiger partial charge >= 0.3 is 5.97 Å². The number of carboxylic acid groups (broad SMARTS) is 1. The van der Waals surface area contributed by atoms with Gasteiger partial charge in [0.05, 0.1) is 5.56 Å². The Kier molecular flexibility index (Phi) is 6.63. The van der Waals surface area contributed by atoms with Gasteiger partial charge in [0.2, 0.25) is 0 Å². The number of anilines is 1. The number of carboxylic acids is 1. The van der Waals surface area contributed by atoms with E-state index in [0.717, 1.165) is 29.2 Å². The summed E-state index contributed by atoms with van der Waals surface area (Å²) >= 11 is 0. The van der Waals surface area contributed by atoms with Gasteiger partial charge in [-0.25, -0.2) is 4.79 Å². The lowest BCUT2D eigenvalue weighted by Gasteiger charge is -2.21. The van der Waals surface area contributed by atoms with Gasteiger partial charge in [0.25, 0.3) is 0 Å². The third-order valence-electron chi connectivity index (χ3n) is 4.35. The van der Waals surface area contributed by atoms with Crippen LogP contribution in [-0.4, -0.2) is 17.1 Å². The molecule has 0 fully saturated rings. The number of hydrogen-bond acceptors (Lipinski definition) is 2. The van der Waals surface area contributed by atoms with Gasteiger partial charge in [0.15, 0.2) is 0 Å². The zero-order chi connectivity index (χ0) is 18.4. The van der Waals surface area contributed by atoms with Crippen LogP contribution in [0.3, 0.4) is 0 Å². The maximum absolute atomic E-state index is 11.2. The topological polar surface area (TPSA) is 49.3 Å². The molecule has 2 aromatic carbocycles. The van der Waals surface area contributed by atoms with E-state index in [1.54, 1.807) is 18.2 Å². The van der Waals surface area contributed by atoms with Crippen molar-refractivity contribution in [3.8, 4) is 11.1 Å². The van der Waals surface area contributed by atoms with Crippen molar-refractivity contribution in [2.75, 3.05) is 5.32 Å². The summed E-state index contributed by atoms with van der Waals surface area (Å²) in [7, 11) is 0. The highest BCUT2D eigenvalue weighted by Gasteiger charge is 2.11. The number of carbonyl (C=O) groups is 1. The van der Waals surface area contributed by atoms with Crippen LogP contribution in [0.2, 0.25) is 0 Å². The highest BCUT2D eigenvalue weighted by Crippen LogP contribution is 2.25. The number of benzene rings is 2. The Morgan fingerprint density at radius 1 is 0.960 bits per heavy atom. The summed E-state index contributed by atoms with van der Waals surface area (Å²) in [5.41, 5.74) is 3.33. The molecule has 0 spiro atoms. The van der Waals surface area contributed by atoms with E-state index in [0.29, 0.717) is 17.5 Å². The fourth-order valence-corrected chi connectivity index (χ4v) is 3.47. The largest absolute Gasteiger partial charge is 0.478 e. The number of aromatic carboxylic acids is 1. The first-order chi connectivity index (χ1) is 11.8. The van der Waals surface area contributed by atoms with E-state index in [4.69, 9.17) is 5.11 Å². The molecule has 0 saturated carbocycles. The summed E-state index contributed by atoms with van der Waals surface area (Å²) < 4.78 is 0. The van der Waals surface area contributed by atoms with Crippen molar-refractivity contribution in [1.29, 1.82) is 0 Å². The molecule has 25 heavy (non-hydrogen) atoms. The van der Waals surface area contributed by atoms with Crippen molar-refractivity contribution < 1.29 is 9.90 Å². The molecule has 2 unspecified atom stereocenters. The molecule has 0 radical (unpaired) electrons. The molecule has 0 aliphatic carbocycles. The second kappa shape index (κ2) is 8.70. The fraction of sp³-hybridized carbons (Fsp3) is 0.409. The Labute approximate surface area is 151 Å². The van der Waals surface area contributed by atoms with E-state index >= 15 is 0 Å². The minimum Gasteiger partial charge on any atom is -0.478 e. The lowest BCUT2D eigenvalue weighted by atomic mass is 9.93. The minimum atomic E-state index is -0.899. The highest BCUT2D eigenvalue weighted by atomic mass is 16.4. The molecule has 3 nitrogen and oxygen atoms in total. The summed E-state index contributed by atoms with van der Waals surface area (Å²) in [4.78, 5) is 11.2. The van der Waals surface area contributed by atoms with Crippen molar-refractivity contribution in [2.45, 2.75) is 46.6 Å². The van der Waals surface area contributed by atoms with Gasteiger partial charge < -0.3 is 10.4 Å². The average Bonchev–Trinajstić information content (AvgIpc) is 2.54. The molecule has 2 atom stereocenters. The molecule has 0 aliphatic rings. The van der Waals surface area contributed by atoms with E-state index in [1.165, 1.54) is 6.42 Å². The molecular formula is C22H29NO2. The van der Waals surface area contributed by atoms with Gasteiger partial charge in [-0.1, -0.05) is 45.0 Å². The second-order valence-corrected chi connectivity index (χ2v) is 7.48. The van der Waals surface area contributed by atoms with Crippen molar-refractivity contribution in [2.24, 2.45) is 11.8 Å². The first-order valence-corrected chi connectivity index (χ1v) is 9.05. The third kappa shape index (κ3) is 5.93. The molecule has 134 valence electrons. The van der Waals surface area contributed by atoms with Gasteiger partial charge in [0, 0.05) is 11.7 Å². The summed E-state index contributed by atoms with van der Waals surface area (Å²) in [6.45, 7) is 9.06. The van der Waals surface area contributed by atoms with Crippen LogP contribution in [0, 0.1) is 11.8 Å². The zero-order valence-electron chi connectivity index (χ0n) is 15.6. The monoisotopic (exact) mass is 339 g/mol. The molecule has 2 rings (SSSR count). The lowest BCUT2D eigenvalue weighted by Crippen LogP contribution is -2.19. The lowest BCUT2D eigenvalue weighted by molar-refractivity contribution is 0.0697. The van der Waals surface area contributed by atoms with Gasteiger partial charge in [-0.05, 0) is 67.0 Å². The van der Waals surface area contributed by atoms with Gasteiger partial charge in [-0.15, -0.1) is 0 Å². The van der Waals surface area contributed by atoms with Crippen molar-refractivity contribution in [3.05, 3.63) is 54.1 Å². The van der Waals surface area contributed by atoms with Crippen LogP contribution in [0.5, 0.6) is 0 Å². The smallest absolute Gasteiger partial charge is 0.335 e. The normalized spacial score (nSPS) is 13.5. The Morgan fingerprint density at radius 3 is 2.24 bits per heavy atom. The summed E-state index contributed by atoms with van der Waals surface area (Å²) in [6.07, 6.45) is 2.38. The van der Waals surface area contributed by atoms with Crippen LogP contribution in [0.15, 0.2) is 48.5 Å². The van der Waals surface area contributed by atoms with Crippen LogP contribution in [0.25, 0.3) is 11.1 Å². The van der Waals surface area contributed by atoms with E-state index in [1.807, 2.05) is 18.2 Å². The third-order valence-corrected chi connectivity index (χ3v) is 4.35. The molecular weight excluding hydrogens is 310 g/mol. The van der Waals surface area contributed by atoms with E-state index in [2.05, 4.69) is 45.1 Å². The molecule has 0 saturated heterocycles. The standard InChI is InChI=1S/C22H29NO2/c1-15(2)11-16(3)12-17(4)23-21-10-6-8-19(14-21)18-7-5-9-20(13-18)22(24)25/h5-10,13-17,23H,11-12H2,1-4H3,(H,24,25). The Morgan fingerprint density at radius 2 is 1.60 bits per heavy atom. The quantitative estimate of drug-likeness (QED) is 0.627. The summed E-state index contributed by atoms with van der Waals surface area (Å²) in [5.74, 6) is 0.522. The first kappa shape index (κ1) is 19.0. The Hall–Kier alpha value is -2.29.